The molecule has 1 aromatic heterocycles. The van der Waals surface area contributed by atoms with Crippen LogP contribution in [0.25, 0.3) is 10.1 Å². The normalized spacial score (nSPS) is 10.8. The van der Waals surface area contributed by atoms with E-state index in [0.717, 1.165) is 14.6 Å². The number of hydrogen-bond donors (Lipinski definition) is 2. The van der Waals surface area contributed by atoms with Crippen LogP contribution in [0.4, 0.5) is 5.69 Å². The third kappa shape index (κ3) is 0.990. The summed E-state index contributed by atoms with van der Waals surface area (Å²) in [5, 5.41) is 11.9. The van der Waals surface area contributed by atoms with Crippen molar-refractivity contribution >= 4 is 43.0 Å². The number of benzene rings is 1. The highest BCUT2D eigenvalue weighted by Gasteiger charge is 2.08. The lowest BCUT2D eigenvalue weighted by atomic mass is 10.2. The van der Waals surface area contributed by atoms with Crippen LogP contribution in [0.3, 0.4) is 0 Å². The van der Waals surface area contributed by atoms with Crippen molar-refractivity contribution in [2.45, 2.75) is 0 Å². The summed E-state index contributed by atoms with van der Waals surface area (Å²) >= 11 is 4.87. The number of thiophene rings is 1. The molecule has 0 saturated carbocycles. The first-order valence-corrected chi connectivity index (χ1v) is 5.01. The lowest BCUT2D eigenvalue weighted by Crippen LogP contribution is -1.84. The lowest BCUT2D eigenvalue weighted by molar-refractivity contribution is 0.484. The van der Waals surface area contributed by atoms with Crippen LogP contribution in [0.5, 0.6) is 5.75 Å². The number of nitrogen functional groups attached to an aromatic ring is 1. The zero-order chi connectivity index (χ0) is 8.72. The maximum absolute atomic E-state index is 9.43. The number of hydrogen-bond acceptors (Lipinski definition) is 3. The summed E-state index contributed by atoms with van der Waals surface area (Å²) in [7, 11) is 0. The second kappa shape index (κ2) is 2.64. The summed E-state index contributed by atoms with van der Waals surface area (Å²) < 4.78 is 1.96. The van der Waals surface area contributed by atoms with E-state index in [1.165, 1.54) is 11.3 Å². The van der Waals surface area contributed by atoms with Crippen LogP contribution in [0.1, 0.15) is 0 Å². The molecule has 0 bridgehead atoms. The Hall–Kier alpha value is -0.740. The van der Waals surface area contributed by atoms with Gasteiger partial charge in [0.25, 0.3) is 0 Å². The van der Waals surface area contributed by atoms with Gasteiger partial charge < -0.3 is 10.8 Å². The molecule has 3 N–H and O–H groups in total. The molecule has 1 heterocycles. The fourth-order valence-electron chi connectivity index (χ4n) is 1.13. The molecule has 2 aromatic rings. The van der Waals surface area contributed by atoms with E-state index in [2.05, 4.69) is 15.9 Å². The molecule has 0 unspecified atom stereocenters. The number of rotatable bonds is 0. The Bertz CT molecular complexity index is 438. The fourth-order valence-corrected chi connectivity index (χ4v) is 2.60. The van der Waals surface area contributed by atoms with Gasteiger partial charge in [-0.15, -0.1) is 11.3 Å². The first kappa shape index (κ1) is 7.89. The van der Waals surface area contributed by atoms with Crippen LogP contribution in [-0.4, -0.2) is 5.11 Å². The molecule has 0 amide bonds. The molecule has 0 radical (unpaired) electrons. The molecule has 0 aliphatic rings. The van der Waals surface area contributed by atoms with Gasteiger partial charge in [-0.1, -0.05) is 0 Å². The van der Waals surface area contributed by atoms with Gasteiger partial charge in [-0.2, -0.15) is 0 Å². The van der Waals surface area contributed by atoms with Crippen molar-refractivity contribution in [3.8, 4) is 5.75 Å². The van der Waals surface area contributed by atoms with E-state index >= 15 is 0 Å². The van der Waals surface area contributed by atoms with Crippen LogP contribution in [0.2, 0.25) is 0 Å². The van der Waals surface area contributed by atoms with Crippen molar-refractivity contribution in [1.82, 2.24) is 0 Å². The van der Waals surface area contributed by atoms with Crippen molar-refractivity contribution in [3.63, 3.8) is 0 Å². The minimum absolute atomic E-state index is 0.258. The van der Waals surface area contributed by atoms with Gasteiger partial charge in [-0.3, -0.25) is 0 Å². The van der Waals surface area contributed by atoms with Crippen LogP contribution >= 0.6 is 27.3 Å². The standard InChI is InChI=1S/C8H6BrNOS/c9-4-1-2-5(10)7-6(11)3-12-8(4)7/h1-3,11H,10H2. The van der Waals surface area contributed by atoms with E-state index in [-0.39, 0.29) is 5.75 Å². The summed E-state index contributed by atoms with van der Waals surface area (Å²) in [6.07, 6.45) is 0. The molecule has 0 fully saturated rings. The second-order valence-corrected chi connectivity index (χ2v) is 4.20. The van der Waals surface area contributed by atoms with E-state index in [1.807, 2.05) is 6.07 Å². The maximum atomic E-state index is 9.43. The highest BCUT2D eigenvalue weighted by atomic mass is 79.9. The third-order valence-corrected chi connectivity index (χ3v) is 3.61. The summed E-state index contributed by atoms with van der Waals surface area (Å²) in [5.74, 6) is 0.258. The van der Waals surface area contributed by atoms with Gasteiger partial charge in [0.1, 0.15) is 5.75 Å². The van der Waals surface area contributed by atoms with Crippen LogP contribution in [0, 0.1) is 0 Å². The van der Waals surface area contributed by atoms with Gasteiger partial charge in [0, 0.05) is 15.5 Å². The van der Waals surface area contributed by atoms with E-state index in [4.69, 9.17) is 5.73 Å². The fraction of sp³-hybridized carbons (Fsp3) is 0. The van der Waals surface area contributed by atoms with E-state index < -0.39 is 0 Å². The van der Waals surface area contributed by atoms with Crippen LogP contribution < -0.4 is 5.73 Å². The summed E-state index contributed by atoms with van der Waals surface area (Å²) in [6.45, 7) is 0. The highest BCUT2D eigenvalue weighted by Crippen LogP contribution is 2.39. The average molecular weight is 244 g/mol. The molecule has 0 aliphatic heterocycles. The largest absolute Gasteiger partial charge is 0.506 e. The topological polar surface area (TPSA) is 46.2 Å². The first-order chi connectivity index (χ1) is 5.70. The van der Waals surface area contributed by atoms with Crippen molar-refractivity contribution in [3.05, 3.63) is 22.0 Å². The zero-order valence-corrected chi connectivity index (χ0v) is 8.45. The molecular weight excluding hydrogens is 238 g/mol. The molecule has 4 heteroatoms. The smallest absolute Gasteiger partial charge is 0.136 e. The molecule has 2 nitrogen and oxygen atoms in total. The SMILES string of the molecule is Nc1ccc(Br)c2scc(O)c12. The molecule has 0 saturated heterocycles. The van der Waals surface area contributed by atoms with Gasteiger partial charge >= 0.3 is 0 Å². The molecule has 2 rings (SSSR count). The van der Waals surface area contributed by atoms with Crippen molar-refractivity contribution in [2.75, 3.05) is 5.73 Å². The lowest BCUT2D eigenvalue weighted by Gasteiger charge is -1.98. The molecule has 0 atom stereocenters. The van der Waals surface area contributed by atoms with E-state index in [1.54, 1.807) is 11.4 Å². The zero-order valence-electron chi connectivity index (χ0n) is 6.04. The van der Waals surface area contributed by atoms with Crippen molar-refractivity contribution in [1.29, 1.82) is 0 Å². The molecule has 12 heavy (non-hydrogen) atoms. The van der Waals surface area contributed by atoms with Gasteiger partial charge in [-0.05, 0) is 28.1 Å². The second-order valence-electron chi connectivity index (χ2n) is 2.46. The van der Waals surface area contributed by atoms with Gasteiger partial charge in [0.05, 0.1) is 10.1 Å². The average Bonchev–Trinajstić information content (AvgIpc) is 2.42. The number of fused-ring (bicyclic) bond motifs is 1. The van der Waals surface area contributed by atoms with Crippen LogP contribution in [0.15, 0.2) is 22.0 Å². The summed E-state index contributed by atoms with van der Waals surface area (Å²) in [6, 6.07) is 3.66. The van der Waals surface area contributed by atoms with Crippen molar-refractivity contribution < 1.29 is 5.11 Å². The molecule has 0 spiro atoms. The molecule has 1 aromatic carbocycles. The number of halogens is 1. The minimum atomic E-state index is 0.258. The van der Waals surface area contributed by atoms with Crippen LogP contribution in [-0.2, 0) is 0 Å². The maximum Gasteiger partial charge on any atom is 0.136 e. The van der Waals surface area contributed by atoms with Crippen molar-refractivity contribution in [2.24, 2.45) is 0 Å². The Kier molecular flexibility index (Phi) is 1.73. The monoisotopic (exact) mass is 243 g/mol. The molecule has 0 aliphatic carbocycles. The summed E-state index contributed by atoms with van der Waals surface area (Å²) in [5.41, 5.74) is 6.31. The first-order valence-electron chi connectivity index (χ1n) is 3.34. The number of anilines is 1. The van der Waals surface area contributed by atoms with Gasteiger partial charge in [-0.25, -0.2) is 0 Å². The van der Waals surface area contributed by atoms with E-state index in [0.29, 0.717) is 5.69 Å². The summed E-state index contributed by atoms with van der Waals surface area (Å²) in [4.78, 5) is 0. The Morgan fingerprint density at radius 2 is 2.17 bits per heavy atom. The third-order valence-electron chi connectivity index (χ3n) is 1.69. The van der Waals surface area contributed by atoms with Gasteiger partial charge in [0.2, 0.25) is 0 Å². The quantitative estimate of drug-likeness (QED) is 0.700. The Morgan fingerprint density at radius 3 is 2.83 bits per heavy atom. The molecule has 62 valence electrons. The number of aromatic hydroxyl groups is 1. The Labute approximate surface area is 81.8 Å². The molecular formula is C8H6BrNOS. The number of nitrogens with two attached hydrogens (primary N) is 1. The predicted molar refractivity (Wildman–Crippen MR) is 55.6 cm³/mol. The predicted octanol–water partition coefficient (Wildman–Crippen LogP) is 2.95. The Balaban J connectivity index is 2.98. The Morgan fingerprint density at radius 1 is 1.42 bits per heavy atom. The highest BCUT2D eigenvalue weighted by molar-refractivity contribution is 9.10. The van der Waals surface area contributed by atoms with Gasteiger partial charge in [0.15, 0.2) is 0 Å². The van der Waals surface area contributed by atoms with E-state index in [9.17, 15) is 5.11 Å². The minimum Gasteiger partial charge on any atom is -0.506 e.